The van der Waals surface area contributed by atoms with Crippen LogP contribution >= 0.6 is 50.7 Å². The third-order valence-corrected chi connectivity index (χ3v) is 4.58. The summed E-state index contributed by atoms with van der Waals surface area (Å²) in [4.78, 5) is 0. The van der Waals surface area contributed by atoms with E-state index in [2.05, 4.69) is 15.9 Å². The summed E-state index contributed by atoms with van der Waals surface area (Å²) in [6, 6.07) is 7.79. The number of halogens is 4. The minimum Gasteiger partial charge on any atom is -0.370 e. The molecule has 0 saturated carbocycles. The molecule has 1 aromatic carbocycles. The first kappa shape index (κ1) is 13.0. The van der Waals surface area contributed by atoms with Gasteiger partial charge in [0, 0.05) is 16.3 Å². The Labute approximate surface area is 118 Å². The van der Waals surface area contributed by atoms with Crippen LogP contribution in [0.2, 0.25) is 0 Å². The standard InChI is InChI=1S/C11H10BrCl3O/c12-9-3-1-2-7(4-9)10-11(14,15)8(5-13)6-16-10/h1-4,8,10H,5-6H2/t8-,10?/m1/s1. The zero-order valence-electron chi connectivity index (χ0n) is 8.30. The quantitative estimate of drug-likeness (QED) is 0.715. The van der Waals surface area contributed by atoms with Crippen LogP contribution in [0.3, 0.4) is 0 Å². The van der Waals surface area contributed by atoms with Gasteiger partial charge in [-0.25, -0.2) is 0 Å². The van der Waals surface area contributed by atoms with E-state index in [9.17, 15) is 0 Å². The van der Waals surface area contributed by atoms with Gasteiger partial charge in [0.05, 0.1) is 6.61 Å². The van der Waals surface area contributed by atoms with Gasteiger partial charge >= 0.3 is 0 Å². The summed E-state index contributed by atoms with van der Waals surface area (Å²) in [5.74, 6) is 0.360. The molecule has 1 aliphatic rings. The summed E-state index contributed by atoms with van der Waals surface area (Å²) in [5, 5.41) is 0. The Kier molecular flexibility index (Phi) is 4.08. The molecule has 0 aromatic heterocycles. The molecule has 1 aliphatic heterocycles. The van der Waals surface area contributed by atoms with Crippen LogP contribution in [0, 0.1) is 5.92 Å². The van der Waals surface area contributed by atoms with E-state index in [1.54, 1.807) is 0 Å². The van der Waals surface area contributed by atoms with Crippen molar-refractivity contribution in [1.29, 1.82) is 0 Å². The largest absolute Gasteiger partial charge is 0.370 e. The number of hydrogen-bond acceptors (Lipinski definition) is 1. The fourth-order valence-electron chi connectivity index (χ4n) is 1.78. The average Bonchev–Trinajstić information content (AvgIpc) is 2.53. The molecule has 0 amide bonds. The van der Waals surface area contributed by atoms with Crippen LogP contribution in [0.15, 0.2) is 28.7 Å². The van der Waals surface area contributed by atoms with Gasteiger partial charge in [-0.3, -0.25) is 0 Å². The van der Waals surface area contributed by atoms with Gasteiger partial charge in [-0.15, -0.1) is 11.6 Å². The zero-order valence-corrected chi connectivity index (χ0v) is 12.2. The molecule has 1 unspecified atom stereocenters. The van der Waals surface area contributed by atoms with Crippen molar-refractivity contribution in [2.75, 3.05) is 12.5 Å². The zero-order chi connectivity index (χ0) is 11.8. The van der Waals surface area contributed by atoms with Crippen LogP contribution < -0.4 is 0 Å². The first-order valence-electron chi connectivity index (χ1n) is 4.86. The van der Waals surface area contributed by atoms with Gasteiger partial charge < -0.3 is 4.74 Å². The molecule has 1 aromatic rings. The second-order valence-corrected chi connectivity index (χ2v) is 6.46. The SMILES string of the molecule is ClC[C@@H]1COC(c2cccc(Br)c2)C1(Cl)Cl. The monoisotopic (exact) mass is 342 g/mol. The van der Waals surface area contributed by atoms with Gasteiger partial charge in [0.25, 0.3) is 0 Å². The Morgan fingerprint density at radius 3 is 2.75 bits per heavy atom. The molecule has 0 spiro atoms. The molecule has 16 heavy (non-hydrogen) atoms. The van der Waals surface area contributed by atoms with E-state index in [1.165, 1.54) is 0 Å². The number of benzene rings is 1. The van der Waals surface area contributed by atoms with Crippen molar-refractivity contribution < 1.29 is 4.74 Å². The maximum Gasteiger partial charge on any atom is 0.154 e. The summed E-state index contributed by atoms with van der Waals surface area (Å²) in [6.45, 7) is 0.494. The van der Waals surface area contributed by atoms with Crippen molar-refractivity contribution in [3.63, 3.8) is 0 Å². The lowest BCUT2D eigenvalue weighted by Gasteiger charge is -2.25. The molecule has 0 N–H and O–H groups in total. The van der Waals surface area contributed by atoms with E-state index in [4.69, 9.17) is 39.5 Å². The summed E-state index contributed by atoms with van der Waals surface area (Å²) in [6.07, 6.45) is -0.322. The molecule has 2 rings (SSSR count). The highest BCUT2D eigenvalue weighted by atomic mass is 79.9. The van der Waals surface area contributed by atoms with Crippen molar-refractivity contribution >= 4 is 50.7 Å². The van der Waals surface area contributed by atoms with Gasteiger partial charge in [0.1, 0.15) is 6.10 Å². The van der Waals surface area contributed by atoms with E-state index in [0.717, 1.165) is 10.0 Å². The third kappa shape index (κ3) is 2.37. The second kappa shape index (κ2) is 5.03. The first-order valence-corrected chi connectivity index (χ1v) is 6.95. The highest BCUT2D eigenvalue weighted by molar-refractivity contribution is 9.10. The van der Waals surface area contributed by atoms with Crippen LogP contribution in [0.1, 0.15) is 11.7 Å². The molecular weight excluding hydrogens is 334 g/mol. The Hall–Kier alpha value is 0.530. The fraction of sp³-hybridized carbons (Fsp3) is 0.455. The van der Waals surface area contributed by atoms with Crippen LogP contribution in [-0.4, -0.2) is 16.8 Å². The Morgan fingerprint density at radius 1 is 1.44 bits per heavy atom. The molecular formula is C11H10BrCl3O. The predicted octanol–water partition coefficient (Wildman–Crippen LogP) is 4.55. The van der Waals surface area contributed by atoms with Gasteiger partial charge in [-0.2, -0.15) is 0 Å². The van der Waals surface area contributed by atoms with Crippen LogP contribution in [0.4, 0.5) is 0 Å². The Morgan fingerprint density at radius 2 is 2.19 bits per heavy atom. The smallest absolute Gasteiger partial charge is 0.154 e. The second-order valence-electron chi connectivity index (χ2n) is 3.79. The van der Waals surface area contributed by atoms with E-state index < -0.39 is 4.33 Å². The highest BCUT2D eigenvalue weighted by Crippen LogP contribution is 2.50. The van der Waals surface area contributed by atoms with Crippen molar-refractivity contribution in [3.8, 4) is 0 Å². The van der Waals surface area contributed by atoms with Crippen molar-refractivity contribution in [2.45, 2.75) is 10.4 Å². The molecule has 2 atom stereocenters. The van der Waals surface area contributed by atoms with Crippen LogP contribution in [0.5, 0.6) is 0 Å². The molecule has 1 saturated heterocycles. The topological polar surface area (TPSA) is 9.23 Å². The van der Waals surface area contributed by atoms with E-state index in [0.29, 0.717) is 12.5 Å². The molecule has 1 fully saturated rings. The Bertz CT molecular complexity index is 383. The summed E-state index contributed by atoms with van der Waals surface area (Å²) < 4.78 is 5.67. The first-order chi connectivity index (χ1) is 7.55. The molecule has 0 radical (unpaired) electrons. The van der Waals surface area contributed by atoms with Crippen molar-refractivity contribution in [2.24, 2.45) is 5.92 Å². The molecule has 1 nitrogen and oxygen atoms in total. The number of hydrogen-bond donors (Lipinski definition) is 0. The summed E-state index contributed by atoms with van der Waals surface area (Å²) >= 11 is 21.9. The summed E-state index contributed by atoms with van der Waals surface area (Å²) in [5.41, 5.74) is 0.965. The molecule has 0 aliphatic carbocycles. The van der Waals surface area contributed by atoms with Gasteiger partial charge in [0.15, 0.2) is 4.33 Å². The normalized spacial score (nSPS) is 28.2. The van der Waals surface area contributed by atoms with E-state index in [-0.39, 0.29) is 12.0 Å². The Balaban J connectivity index is 2.29. The predicted molar refractivity (Wildman–Crippen MR) is 71.5 cm³/mol. The van der Waals surface area contributed by atoms with Crippen LogP contribution in [-0.2, 0) is 4.74 Å². The average molecular weight is 344 g/mol. The van der Waals surface area contributed by atoms with Crippen molar-refractivity contribution in [1.82, 2.24) is 0 Å². The minimum absolute atomic E-state index is 0.0403. The lowest BCUT2D eigenvalue weighted by Crippen LogP contribution is -2.27. The summed E-state index contributed by atoms with van der Waals surface area (Å²) in [7, 11) is 0. The fourth-order valence-corrected chi connectivity index (χ4v) is 3.35. The molecule has 0 bridgehead atoms. The van der Waals surface area contributed by atoms with E-state index in [1.807, 2.05) is 24.3 Å². The lowest BCUT2D eigenvalue weighted by molar-refractivity contribution is 0.106. The number of ether oxygens (including phenoxy) is 1. The number of rotatable bonds is 2. The van der Waals surface area contributed by atoms with Crippen molar-refractivity contribution in [3.05, 3.63) is 34.3 Å². The minimum atomic E-state index is -0.956. The lowest BCUT2D eigenvalue weighted by atomic mass is 10.0. The maximum absolute atomic E-state index is 6.33. The number of alkyl halides is 3. The van der Waals surface area contributed by atoms with E-state index >= 15 is 0 Å². The van der Waals surface area contributed by atoms with Gasteiger partial charge in [-0.05, 0) is 17.7 Å². The maximum atomic E-state index is 6.33. The van der Waals surface area contributed by atoms with Gasteiger partial charge in [-0.1, -0.05) is 51.3 Å². The third-order valence-electron chi connectivity index (χ3n) is 2.70. The van der Waals surface area contributed by atoms with Crippen LogP contribution in [0.25, 0.3) is 0 Å². The van der Waals surface area contributed by atoms with Gasteiger partial charge in [0.2, 0.25) is 0 Å². The highest BCUT2D eigenvalue weighted by Gasteiger charge is 2.49. The molecule has 88 valence electrons. The molecule has 1 heterocycles. The molecule has 5 heteroatoms.